The summed E-state index contributed by atoms with van der Waals surface area (Å²) in [6, 6.07) is 17.5. The van der Waals surface area contributed by atoms with E-state index in [4.69, 9.17) is 14.5 Å². The molecule has 6 heteroatoms. The van der Waals surface area contributed by atoms with Gasteiger partial charge in [0.05, 0.1) is 7.11 Å². The zero-order valence-electron chi connectivity index (χ0n) is 16.6. The number of nitrogens with zero attached hydrogens (tertiary/aromatic N) is 2. The first-order valence-electron chi connectivity index (χ1n) is 9.91. The monoisotopic (exact) mass is 391 g/mol. The van der Waals surface area contributed by atoms with Crippen molar-refractivity contribution in [3.05, 3.63) is 60.2 Å². The number of methoxy groups -OCH3 is 1. The van der Waals surface area contributed by atoms with Crippen molar-refractivity contribution in [2.75, 3.05) is 31.7 Å². The molecular formula is C23H25N3O3. The molecule has 2 aromatic carbocycles. The summed E-state index contributed by atoms with van der Waals surface area (Å²) in [5.41, 5.74) is 1.71. The van der Waals surface area contributed by atoms with Crippen molar-refractivity contribution in [2.24, 2.45) is 0 Å². The molecule has 2 heterocycles. The Bertz CT molecular complexity index is 1000. The summed E-state index contributed by atoms with van der Waals surface area (Å²) in [5, 5.41) is 3.88. The highest BCUT2D eigenvalue weighted by atomic mass is 16.5. The molecule has 1 N–H and O–H groups in total. The maximum atomic E-state index is 12.3. The molecule has 1 saturated heterocycles. The van der Waals surface area contributed by atoms with Crippen LogP contribution in [-0.2, 0) is 11.3 Å². The highest BCUT2D eigenvalue weighted by Gasteiger charge is 2.15. The number of fused-ring (bicyclic) bond motifs is 1. The summed E-state index contributed by atoms with van der Waals surface area (Å²) < 4.78 is 11.1. The topological polar surface area (TPSA) is 63.7 Å². The summed E-state index contributed by atoms with van der Waals surface area (Å²) in [6.07, 6.45) is 2.40. The number of para-hydroxylation sites is 2. The number of anilines is 1. The SMILES string of the molecule is COc1ccccc1CNC(=O)COc1cccc2ccc(N3CCCC3)nc12. The summed E-state index contributed by atoms with van der Waals surface area (Å²) in [6.45, 7) is 2.39. The molecule has 1 aliphatic heterocycles. The zero-order valence-corrected chi connectivity index (χ0v) is 16.6. The molecule has 0 saturated carbocycles. The largest absolute Gasteiger partial charge is 0.496 e. The number of carbonyl (C=O) groups excluding carboxylic acids is 1. The van der Waals surface area contributed by atoms with Crippen LogP contribution in [0.3, 0.4) is 0 Å². The smallest absolute Gasteiger partial charge is 0.258 e. The van der Waals surface area contributed by atoms with Gasteiger partial charge in [0.25, 0.3) is 5.91 Å². The Hall–Kier alpha value is -3.28. The summed E-state index contributed by atoms with van der Waals surface area (Å²) in [7, 11) is 1.62. The van der Waals surface area contributed by atoms with Crippen LogP contribution in [-0.4, -0.2) is 37.7 Å². The van der Waals surface area contributed by atoms with Crippen LogP contribution in [0.15, 0.2) is 54.6 Å². The molecule has 1 aliphatic rings. The summed E-state index contributed by atoms with van der Waals surface area (Å²) in [4.78, 5) is 19.4. The predicted octanol–water partition coefficient (Wildman–Crippen LogP) is 3.54. The molecule has 1 amide bonds. The minimum absolute atomic E-state index is 0.0656. The fourth-order valence-corrected chi connectivity index (χ4v) is 3.59. The number of pyridine rings is 1. The van der Waals surface area contributed by atoms with Crippen molar-refractivity contribution in [1.82, 2.24) is 10.3 Å². The van der Waals surface area contributed by atoms with E-state index in [2.05, 4.69) is 22.3 Å². The Balaban J connectivity index is 1.42. The van der Waals surface area contributed by atoms with E-state index in [0.29, 0.717) is 12.3 Å². The molecule has 3 aromatic rings. The average molecular weight is 391 g/mol. The highest BCUT2D eigenvalue weighted by Crippen LogP contribution is 2.27. The summed E-state index contributed by atoms with van der Waals surface area (Å²) >= 11 is 0. The van der Waals surface area contributed by atoms with Gasteiger partial charge >= 0.3 is 0 Å². The van der Waals surface area contributed by atoms with Crippen molar-refractivity contribution >= 4 is 22.6 Å². The number of hydrogen-bond acceptors (Lipinski definition) is 5. The van der Waals surface area contributed by atoms with Gasteiger partial charge in [-0.2, -0.15) is 0 Å². The molecule has 0 unspecified atom stereocenters. The van der Waals surface area contributed by atoms with Crippen molar-refractivity contribution in [3.63, 3.8) is 0 Å². The van der Waals surface area contributed by atoms with E-state index in [9.17, 15) is 4.79 Å². The maximum Gasteiger partial charge on any atom is 0.258 e. The Labute approximate surface area is 170 Å². The molecule has 0 bridgehead atoms. The number of hydrogen-bond donors (Lipinski definition) is 1. The van der Waals surface area contributed by atoms with E-state index in [1.807, 2.05) is 42.5 Å². The second-order valence-corrected chi connectivity index (χ2v) is 7.07. The zero-order chi connectivity index (χ0) is 20.1. The van der Waals surface area contributed by atoms with Crippen LogP contribution in [0.25, 0.3) is 10.9 Å². The Morgan fingerprint density at radius 3 is 2.66 bits per heavy atom. The Kier molecular flexibility index (Phi) is 5.79. The molecule has 150 valence electrons. The van der Waals surface area contributed by atoms with Crippen molar-refractivity contribution < 1.29 is 14.3 Å². The lowest BCUT2D eigenvalue weighted by atomic mass is 10.2. The van der Waals surface area contributed by atoms with Gasteiger partial charge in [-0.05, 0) is 37.1 Å². The lowest BCUT2D eigenvalue weighted by molar-refractivity contribution is -0.123. The first kappa shape index (κ1) is 19.1. The number of amides is 1. The van der Waals surface area contributed by atoms with Crippen molar-refractivity contribution in [3.8, 4) is 11.5 Å². The van der Waals surface area contributed by atoms with Gasteiger partial charge in [0.2, 0.25) is 0 Å². The summed E-state index contributed by atoms with van der Waals surface area (Å²) in [5.74, 6) is 2.15. The number of aromatic nitrogens is 1. The van der Waals surface area contributed by atoms with Gasteiger partial charge in [-0.25, -0.2) is 4.98 Å². The molecule has 1 aromatic heterocycles. The Morgan fingerprint density at radius 2 is 1.83 bits per heavy atom. The van der Waals surface area contributed by atoms with Gasteiger partial charge in [-0.3, -0.25) is 4.79 Å². The molecule has 0 aliphatic carbocycles. The molecule has 0 atom stereocenters. The lowest BCUT2D eigenvalue weighted by Crippen LogP contribution is -2.28. The third kappa shape index (κ3) is 4.42. The number of ether oxygens (including phenoxy) is 2. The molecule has 1 fully saturated rings. The molecule has 6 nitrogen and oxygen atoms in total. The van der Waals surface area contributed by atoms with Gasteiger partial charge in [-0.1, -0.05) is 30.3 Å². The van der Waals surface area contributed by atoms with E-state index in [-0.39, 0.29) is 12.5 Å². The normalized spacial score (nSPS) is 13.5. The number of nitrogens with one attached hydrogen (secondary N) is 1. The highest BCUT2D eigenvalue weighted by molar-refractivity contribution is 5.86. The fourth-order valence-electron chi connectivity index (χ4n) is 3.59. The number of carbonyl (C=O) groups is 1. The van der Waals surface area contributed by atoms with E-state index < -0.39 is 0 Å². The minimum atomic E-state index is -0.191. The van der Waals surface area contributed by atoms with Crippen LogP contribution in [0.4, 0.5) is 5.82 Å². The number of benzene rings is 2. The quantitative estimate of drug-likeness (QED) is 0.667. The maximum absolute atomic E-state index is 12.3. The van der Waals surface area contributed by atoms with Crippen molar-refractivity contribution in [2.45, 2.75) is 19.4 Å². The third-order valence-corrected chi connectivity index (χ3v) is 5.13. The van der Waals surface area contributed by atoms with E-state index in [1.54, 1.807) is 7.11 Å². The second-order valence-electron chi connectivity index (χ2n) is 7.07. The minimum Gasteiger partial charge on any atom is -0.496 e. The molecule has 29 heavy (non-hydrogen) atoms. The average Bonchev–Trinajstić information content (AvgIpc) is 3.31. The van der Waals surface area contributed by atoms with Crippen molar-refractivity contribution in [1.29, 1.82) is 0 Å². The van der Waals surface area contributed by atoms with Crippen LogP contribution in [0.2, 0.25) is 0 Å². The van der Waals surface area contributed by atoms with E-state index >= 15 is 0 Å². The first-order chi connectivity index (χ1) is 14.2. The predicted molar refractivity (Wildman–Crippen MR) is 114 cm³/mol. The van der Waals surface area contributed by atoms with Gasteiger partial charge in [0, 0.05) is 30.6 Å². The van der Waals surface area contributed by atoms with Crippen LogP contribution < -0.4 is 19.7 Å². The fraction of sp³-hybridized carbons (Fsp3) is 0.304. The first-order valence-corrected chi connectivity index (χ1v) is 9.91. The molecule has 0 radical (unpaired) electrons. The van der Waals surface area contributed by atoms with Gasteiger partial charge in [0.1, 0.15) is 22.8 Å². The van der Waals surface area contributed by atoms with E-state index in [0.717, 1.165) is 41.1 Å². The standard InChI is InChI=1S/C23H25N3O3/c1-28-19-9-3-2-7-18(19)15-24-22(27)16-29-20-10-6-8-17-11-12-21(25-23(17)20)26-13-4-5-14-26/h2-3,6-12H,4-5,13-16H2,1H3,(H,24,27). The van der Waals surface area contributed by atoms with Crippen LogP contribution in [0.1, 0.15) is 18.4 Å². The van der Waals surface area contributed by atoms with Gasteiger partial charge in [0.15, 0.2) is 6.61 Å². The lowest BCUT2D eigenvalue weighted by Gasteiger charge is -2.17. The van der Waals surface area contributed by atoms with Crippen LogP contribution in [0.5, 0.6) is 11.5 Å². The van der Waals surface area contributed by atoms with Crippen LogP contribution >= 0.6 is 0 Å². The van der Waals surface area contributed by atoms with Crippen LogP contribution in [0, 0.1) is 0 Å². The molecule has 0 spiro atoms. The van der Waals surface area contributed by atoms with Gasteiger partial charge < -0.3 is 19.7 Å². The third-order valence-electron chi connectivity index (χ3n) is 5.13. The second kappa shape index (κ2) is 8.82. The van der Waals surface area contributed by atoms with E-state index in [1.165, 1.54) is 12.8 Å². The molecular weight excluding hydrogens is 366 g/mol. The molecule has 4 rings (SSSR count). The number of rotatable bonds is 7. The Morgan fingerprint density at radius 1 is 1.03 bits per heavy atom. The van der Waals surface area contributed by atoms with Gasteiger partial charge in [-0.15, -0.1) is 0 Å².